The van der Waals surface area contributed by atoms with Crippen LogP contribution in [0.4, 0.5) is 0 Å². The van der Waals surface area contributed by atoms with Crippen molar-refractivity contribution in [3.05, 3.63) is 48.0 Å². The number of fused-ring (bicyclic) bond motifs is 1. The Morgan fingerprint density at radius 1 is 0.889 bits per heavy atom. The minimum atomic E-state index is -0.916. The van der Waals surface area contributed by atoms with Gasteiger partial charge < -0.3 is 26.8 Å². The molecule has 0 saturated carbocycles. The molecule has 0 fully saturated rings. The Morgan fingerprint density at radius 2 is 1.53 bits per heavy atom. The molecule has 0 aliphatic heterocycles. The van der Waals surface area contributed by atoms with Crippen LogP contribution >= 0.6 is 0 Å². The third-order valence-electron chi connectivity index (χ3n) is 5.74. The standard InChI is InChI=1S/C28H42N4O4/c1-18(2)14-15-31-26(34)24(17-19-10-11-20-8-6-7-9-21(20)16-19)32-25(33)22(29)12-13-23(30)27(35)36-28(3,4)5/h6-11,16,18,22-24H,12-15,17,29-30H2,1-5H3,(H,31,34)(H,32,33)/t22-,23?,24-/m1/s1. The predicted molar refractivity (Wildman–Crippen MR) is 143 cm³/mol. The second-order valence-corrected chi connectivity index (χ2v) is 10.7. The van der Waals surface area contributed by atoms with Crippen LogP contribution in [0.1, 0.15) is 59.4 Å². The lowest BCUT2D eigenvalue weighted by Crippen LogP contribution is -2.53. The van der Waals surface area contributed by atoms with E-state index < -0.39 is 35.6 Å². The van der Waals surface area contributed by atoms with Crippen LogP contribution < -0.4 is 22.1 Å². The van der Waals surface area contributed by atoms with Crippen molar-refractivity contribution in [1.29, 1.82) is 0 Å². The van der Waals surface area contributed by atoms with E-state index in [1.807, 2.05) is 42.5 Å². The molecule has 8 nitrogen and oxygen atoms in total. The summed E-state index contributed by atoms with van der Waals surface area (Å²) in [6.45, 7) is 9.98. The molecule has 8 heteroatoms. The number of nitrogens with one attached hydrogen (secondary N) is 2. The van der Waals surface area contributed by atoms with E-state index in [0.29, 0.717) is 18.9 Å². The van der Waals surface area contributed by atoms with Crippen LogP contribution in [0.2, 0.25) is 0 Å². The molecule has 2 rings (SSSR count). The summed E-state index contributed by atoms with van der Waals surface area (Å²) in [6, 6.07) is 11.4. The highest BCUT2D eigenvalue weighted by molar-refractivity contribution is 5.90. The van der Waals surface area contributed by atoms with Crippen LogP contribution in [0.3, 0.4) is 0 Å². The van der Waals surface area contributed by atoms with E-state index in [1.54, 1.807) is 20.8 Å². The first-order valence-corrected chi connectivity index (χ1v) is 12.7. The maximum Gasteiger partial charge on any atom is 0.323 e. The van der Waals surface area contributed by atoms with Crippen molar-refractivity contribution in [3.8, 4) is 0 Å². The van der Waals surface area contributed by atoms with Gasteiger partial charge in [0.2, 0.25) is 11.8 Å². The van der Waals surface area contributed by atoms with E-state index in [-0.39, 0.29) is 18.7 Å². The average Bonchev–Trinajstić information content (AvgIpc) is 2.80. The number of carbonyl (C=O) groups is 3. The van der Waals surface area contributed by atoms with Crippen molar-refractivity contribution < 1.29 is 19.1 Å². The van der Waals surface area contributed by atoms with Gasteiger partial charge >= 0.3 is 5.97 Å². The number of benzene rings is 2. The Labute approximate surface area is 214 Å². The molecule has 1 unspecified atom stereocenters. The normalized spacial score (nSPS) is 14.2. The summed E-state index contributed by atoms with van der Waals surface area (Å²) in [5.41, 5.74) is 12.3. The zero-order valence-electron chi connectivity index (χ0n) is 22.2. The van der Waals surface area contributed by atoms with Crippen LogP contribution in [-0.4, -0.2) is 48.1 Å². The van der Waals surface area contributed by atoms with Crippen LogP contribution in [0.5, 0.6) is 0 Å². The molecule has 0 aromatic heterocycles. The summed E-state index contributed by atoms with van der Waals surface area (Å²) in [5.74, 6) is -0.804. The maximum absolute atomic E-state index is 13.0. The maximum atomic E-state index is 13.0. The van der Waals surface area contributed by atoms with Crippen LogP contribution in [0.15, 0.2) is 42.5 Å². The number of amides is 2. The molecule has 0 aliphatic carbocycles. The first-order chi connectivity index (χ1) is 16.9. The number of hydrogen-bond acceptors (Lipinski definition) is 6. The van der Waals surface area contributed by atoms with Gasteiger partial charge in [0.25, 0.3) is 0 Å². The number of rotatable bonds is 12. The second kappa shape index (κ2) is 13.4. The zero-order valence-corrected chi connectivity index (χ0v) is 22.2. The largest absolute Gasteiger partial charge is 0.459 e. The number of esters is 1. The summed E-state index contributed by atoms with van der Waals surface area (Å²) < 4.78 is 5.28. The quantitative estimate of drug-likeness (QED) is 0.332. The molecule has 2 amide bonds. The highest BCUT2D eigenvalue weighted by Crippen LogP contribution is 2.17. The molecule has 198 valence electrons. The van der Waals surface area contributed by atoms with Crippen LogP contribution in [0, 0.1) is 5.92 Å². The molecule has 0 radical (unpaired) electrons. The van der Waals surface area contributed by atoms with Gasteiger partial charge in [0.05, 0.1) is 6.04 Å². The van der Waals surface area contributed by atoms with Gasteiger partial charge in [-0.1, -0.05) is 56.3 Å². The summed E-state index contributed by atoms with van der Waals surface area (Å²) in [5, 5.41) is 7.90. The lowest BCUT2D eigenvalue weighted by Gasteiger charge is -2.23. The van der Waals surface area contributed by atoms with E-state index in [2.05, 4.69) is 24.5 Å². The fourth-order valence-corrected chi connectivity index (χ4v) is 3.68. The van der Waals surface area contributed by atoms with Gasteiger partial charge in [-0.3, -0.25) is 14.4 Å². The zero-order chi connectivity index (χ0) is 26.9. The molecule has 0 heterocycles. The van der Waals surface area contributed by atoms with Gasteiger partial charge in [0.1, 0.15) is 17.7 Å². The number of carbonyl (C=O) groups excluding carboxylic acids is 3. The van der Waals surface area contributed by atoms with Gasteiger partial charge in [-0.05, 0) is 62.3 Å². The first-order valence-electron chi connectivity index (χ1n) is 12.7. The van der Waals surface area contributed by atoms with Crippen molar-refractivity contribution in [2.45, 2.75) is 84.0 Å². The lowest BCUT2D eigenvalue weighted by atomic mass is 10.00. The van der Waals surface area contributed by atoms with Crippen molar-refractivity contribution in [3.63, 3.8) is 0 Å². The third kappa shape index (κ3) is 9.95. The summed E-state index contributed by atoms with van der Waals surface area (Å²) in [6.07, 6.45) is 1.54. The number of hydrogen-bond donors (Lipinski definition) is 4. The van der Waals surface area contributed by atoms with Gasteiger partial charge in [0, 0.05) is 13.0 Å². The average molecular weight is 499 g/mol. The van der Waals surface area contributed by atoms with Crippen molar-refractivity contribution in [2.75, 3.05) is 6.54 Å². The van der Waals surface area contributed by atoms with Crippen molar-refractivity contribution >= 4 is 28.6 Å². The smallest absolute Gasteiger partial charge is 0.323 e. The number of ether oxygens (including phenoxy) is 1. The Bertz CT molecular complexity index is 1030. The molecule has 2 aromatic rings. The molecule has 0 bridgehead atoms. The SMILES string of the molecule is CC(C)CCNC(=O)[C@@H](Cc1ccc2ccccc2c1)NC(=O)[C@H](N)CCC(N)C(=O)OC(C)(C)C. The molecule has 3 atom stereocenters. The Morgan fingerprint density at radius 3 is 2.17 bits per heavy atom. The summed E-state index contributed by atoms with van der Waals surface area (Å²) in [4.78, 5) is 38.0. The predicted octanol–water partition coefficient (Wildman–Crippen LogP) is 2.81. The van der Waals surface area contributed by atoms with E-state index in [9.17, 15) is 14.4 Å². The minimum Gasteiger partial charge on any atom is -0.459 e. The van der Waals surface area contributed by atoms with E-state index in [1.165, 1.54) is 0 Å². The van der Waals surface area contributed by atoms with E-state index in [4.69, 9.17) is 16.2 Å². The third-order valence-corrected chi connectivity index (χ3v) is 5.74. The molecule has 2 aromatic carbocycles. The molecule has 0 spiro atoms. The van der Waals surface area contributed by atoms with Gasteiger partial charge in [-0.25, -0.2) is 0 Å². The Kier molecular flexibility index (Phi) is 10.9. The van der Waals surface area contributed by atoms with Crippen molar-refractivity contribution in [1.82, 2.24) is 10.6 Å². The fraction of sp³-hybridized carbons (Fsp3) is 0.536. The number of nitrogens with two attached hydrogens (primary N) is 2. The highest BCUT2D eigenvalue weighted by atomic mass is 16.6. The summed E-state index contributed by atoms with van der Waals surface area (Å²) >= 11 is 0. The molecule has 6 N–H and O–H groups in total. The Balaban J connectivity index is 2.04. The molecule has 0 aliphatic rings. The second-order valence-electron chi connectivity index (χ2n) is 10.7. The van der Waals surface area contributed by atoms with Crippen LogP contribution in [-0.2, 0) is 25.5 Å². The molecular weight excluding hydrogens is 456 g/mol. The van der Waals surface area contributed by atoms with E-state index >= 15 is 0 Å². The van der Waals surface area contributed by atoms with Gasteiger partial charge in [-0.2, -0.15) is 0 Å². The van der Waals surface area contributed by atoms with Gasteiger partial charge in [-0.15, -0.1) is 0 Å². The van der Waals surface area contributed by atoms with E-state index in [0.717, 1.165) is 22.8 Å². The minimum absolute atomic E-state index is 0.184. The summed E-state index contributed by atoms with van der Waals surface area (Å²) in [7, 11) is 0. The molecular formula is C28H42N4O4. The first kappa shape index (κ1) is 29.3. The Hall–Kier alpha value is -2.97. The van der Waals surface area contributed by atoms with Crippen molar-refractivity contribution in [2.24, 2.45) is 17.4 Å². The molecule has 0 saturated heterocycles. The lowest BCUT2D eigenvalue weighted by molar-refractivity contribution is -0.156. The monoisotopic (exact) mass is 498 g/mol. The highest BCUT2D eigenvalue weighted by Gasteiger charge is 2.27. The molecule has 36 heavy (non-hydrogen) atoms. The van der Waals surface area contributed by atoms with Gasteiger partial charge in [0.15, 0.2) is 0 Å². The fourth-order valence-electron chi connectivity index (χ4n) is 3.68. The van der Waals surface area contributed by atoms with Crippen LogP contribution in [0.25, 0.3) is 10.8 Å². The topological polar surface area (TPSA) is 137 Å².